The van der Waals surface area contributed by atoms with Crippen molar-refractivity contribution in [3.63, 3.8) is 0 Å². The topological polar surface area (TPSA) is 169 Å². The van der Waals surface area contributed by atoms with Gasteiger partial charge in [0.2, 0.25) is 5.91 Å². The summed E-state index contributed by atoms with van der Waals surface area (Å²) in [6.45, 7) is 2.74. The number of cyclic esters (lactones) is 1. The summed E-state index contributed by atoms with van der Waals surface area (Å²) in [5, 5.41) is 3.35. The fourth-order valence-electron chi connectivity index (χ4n) is 5.41. The normalized spacial score (nSPS) is 17.0. The Morgan fingerprint density at radius 3 is 2.71 bits per heavy atom. The summed E-state index contributed by atoms with van der Waals surface area (Å²) in [7, 11) is 0. The molecule has 0 aliphatic carbocycles. The Kier molecular flexibility index (Phi) is 11.4. The maximum absolute atomic E-state index is 15.2. The van der Waals surface area contributed by atoms with Crippen LogP contribution in [-0.2, 0) is 25.5 Å². The number of unbranched alkanes of at least 4 members (excludes halogenated alkanes) is 1. The molecule has 4 heterocycles. The van der Waals surface area contributed by atoms with Crippen LogP contribution in [0.5, 0.6) is 0 Å². The summed E-state index contributed by atoms with van der Waals surface area (Å²) in [4.78, 5) is 71.1. The number of anilines is 2. The Balaban J connectivity index is 1.17. The minimum Gasteiger partial charge on any atom is -0.442 e. The average Bonchev–Trinajstić information content (AvgIpc) is 3.79. The van der Waals surface area contributed by atoms with Crippen molar-refractivity contribution in [3.8, 4) is 0 Å². The Hall–Kier alpha value is -4.38. The van der Waals surface area contributed by atoms with Gasteiger partial charge in [-0.05, 0) is 56.6 Å². The van der Waals surface area contributed by atoms with Gasteiger partial charge in [0.15, 0.2) is 0 Å². The van der Waals surface area contributed by atoms with E-state index >= 15 is 4.39 Å². The van der Waals surface area contributed by atoms with Crippen LogP contribution >= 0.6 is 22.9 Å². The first kappa shape index (κ1) is 34.9. The molecule has 3 aromatic rings. The van der Waals surface area contributed by atoms with Gasteiger partial charge in [-0.15, -0.1) is 11.3 Å². The Labute approximate surface area is 284 Å². The number of primary amides is 1. The maximum atomic E-state index is 15.2. The molecular formula is C31H35ClFN7O7S. The van der Waals surface area contributed by atoms with Crippen LogP contribution in [0, 0.1) is 5.82 Å². The molecule has 3 N–H and O–H groups in total. The number of thiophene rings is 1. The second-order valence-electron chi connectivity index (χ2n) is 11.4. The van der Waals surface area contributed by atoms with Crippen molar-refractivity contribution in [2.24, 2.45) is 5.73 Å². The molecule has 2 aromatic heterocycles. The number of nitrogens with one attached hydrogen (secondary N) is 1. The lowest BCUT2D eigenvalue weighted by molar-refractivity contribution is -0.129. The standard InChI is InChI=1S/C31H35ClFN7O7S/c1-19(12-20-14-37(18-36-20)30(34)44)35-9-3-2-4-27(41)40(29(43)25-7-8-26(32)48-25)16-22-15-39(31(45)47-22)24-6-5-21(13-23(24)33)38-10-11-46-17-28(38)42/h5-8,13-14,18-19,22,35H,2-4,9-12,15-17H2,1H3,(H2,34,44)/t19-,22-/m1/s1. The van der Waals surface area contributed by atoms with Gasteiger partial charge in [-0.25, -0.2) is 19.0 Å². The van der Waals surface area contributed by atoms with E-state index in [1.165, 1.54) is 40.1 Å². The summed E-state index contributed by atoms with van der Waals surface area (Å²) >= 11 is 7.08. The van der Waals surface area contributed by atoms with Crippen molar-refractivity contribution in [2.75, 3.05) is 49.2 Å². The van der Waals surface area contributed by atoms with Crippen LogP contribution in [0.25, 0.3) is 0 Å². The van der Waals surface area contributed by atoms with Gasteiger partial charge in [-0.2, -0.15) is 0 Å². The Morgan fingerprint density at radius 2 is 2.02 bits per heavy atom. The van der Waals surface area contributed by atoms with Crippen LogP contribution in [0.3, 0.4) is 0 Å². The molecule has 1 aromatic carbocycles. The smallest absolute Gasteiger partial charge is 0.414 e. The van der Waals surface area contributed by atoms with Gasteiger partial charge in [0, 0.05) is 37.3 Å². The van der Waals surface area contributed by atoms with Crippen LogP contribution in [0.15, 0.2) is 42.9 Å². The monoisotopic (exact) mass is 703 g/mol. The van der Waals surface area contributed by atoms with Gasteiger partial charge >= 0.3 is 12.1 Å². The average molecular weight is 704 g/mol. The SMILES string of the molecule is C[C@H](Cc1cn(C(N)=O)cn1)NCCCCC(=O)N(C[C@H]1CN(c2ccc(N3CCOCC3=O)cc2F)C(=O)O1)C(=O)c1ccc(Cl)s1. The summed E-state index contributed by atoms with van der Waals surface area (Å²) in [6.07, 6.45) is 2.95. The van der Waals surface area contributed by atoms with Crippen molar-refractivity contribution in [1.82, 2.24) is 19.8 Å². The number of ether oxygens (including phenoxy) is 2. The van der Waals surface area contributed by atoms with Gasteiger partial charge in [-0.1, -0.05) is 11.6 Å². The van der Waals surface area contributed by atoms with E-state index in [4.69, 9.17) is 26.8 Å². The molecule has 0 radical (unpaired) electrons. The van der Waals surface area contributed by atoms with Crippen LogP contribution in [-0.4, -0.2) is 95.8 Å². The number of imidazole rings is 1. The van der Waals surface area contributed by atoms with Crippen molar-refractivity contribution >= 4 is 64.2 Å². The number of hydrogen-bond donors (Lipinski definition) is 2. The fraction of sp³-hybridized carbons (Fsp3) is 0.419. The Bertz CT molecular complexity index is 1680. The van der Waals surface area contributed by atoms with E-state index < -0.39 is 35.9 Å². The number of nitrogens with two attached hydrogens (primary N) is 1. The summed E-state index contributed by atoms with van der Waals surface area (Å²) in [6, 6.07) is 6.61. The van der Waals surface area contributed by atoms with Gasteiger partial charge in [0.25, 0.3) is 11.8 Å². The number of carbonyl (C=O) groups excluding carboxylic acids is 5. The van der Waals surface area contributed by atoms with Gasteiger partial charge < -0.3 is 25.4 Å². The van der Waals surface area contributed by atoms with Crippen LogP contribution in [0.1, 0.15) is 41.6 Å². The molecule has 17 heteroatoms. The van der Waals surface area contributed by atoms with Gasteiger partial charge in [0.05, 0.1) is 40.3 Å². The van der Waals surface area contributed by atoms with E-state index in [0.29, 0.717) is 48.1 Å². The second-order valence-corrected chi connectivity index (χ2v) is 13.1. The molecule has 14 nitrogen and oxygen atoms in total. The van der Waals surface area contributed by atoms with E-state index in [1.807, 2.05) is 6.92 Å². The van der Waals surface area contributed by atoms with E-state index in [-0.39, 0.29) is 55.2 Å². The molecule has 0 unspecified atom stereocenters. The van der Waals surface area contributed by atoms with Crippen molar-refractivity contribution in [1.29, 1.82) is 0 Å². The van der Waals surface area contributed by atoms with Gasteiger partial charge in [-0.3, -0.25) is 28.8 Å². The molecule has 0 spiro atoms. The highest BCUT2D eigenvalue weighted by Crippen LogP contribution is 2.30. The molecular weight excluding hydrogens is 669 g/mol. The molecule has 2 atom stereocenters. The van der Waals surface area contributed by atoms with Crippen LogP contribution < -0.4 is 20.9 Å². The van der Waals surface area contributed by atoms with Crippen molar-refractivity contribution in [2.45, 2.75) is 44.8 Å². The molecule has 2 saturated heterocycles. The predicted molar refractivity (Wildman–Crippen MR) is 175 cm³/mol. The number of morpholine rings is 1. The minimum atomic E-state index is -0.915. The number of imide groups is 1. The zero-order chi connectivity index (χ0) is 34.4. The Morgan fingerprint density at radius 1 is 1.21 bits per heavy atom. The summed E-state index contributed by atoms with van der Waals surface area (Å²) in [5.74, 6) is -2.05. The third-order valence-corrected chi connectivity index (χ3v) is 9.05. The maximum Gasteiger partial charge on any atom is 0.414 e. The first-order valence-electron chi connectivity index (χ1n) is 15.3. The molecule has 5 amide bonds. The largest absolute Gasteiger partial charge is 0.442 e. The van der Waals surface area contributed by atoms with Crippen molar-refractivity contribution in [3.05, 3.63) is 63.6 Å². The molecule has 256 valence electrons. The quantitative estimate of drug-likeness (QED) is 0.253. The number of halogens is 2. The summed E-state index contributed by atoms with van der Waals surface area (Å²) < 4.78 is 27.4. The summed E-state index contributed by atoms with van der Waals surface area (Å²) in [5.41, 5.74) is 6.25. The highest BCUT2D eigenvalue weighted by molar-refractivity contribution is 7.18. The molecule has 48 heavy (non-hydrogen) atoms. The number of hydrogen-bond acceptors (Lipinski definition) is 10. The highest BCUT2D eigenvalue weighted by Gasteiger charge is 2.38. The lowest BCUT2D eigenvalue weighted by atomic mass is 10.1. The lowest BCUT2D eigenvalue weighted by Gasteiger charge is -2.27. The second kappa shape index (κ2) is 15.7. The first-order chi connectivity index (χ1) is 23.0. The molecule has 2 aliphatic heterocycles. The number of amides is 5. The number of nitrogens with zero attached hydrogens (tertiary/aromatic N) is 5. The molecule has 2 fully saturated rings. The third kappa shape index (κ3) is 8.55. The molecule has 0 saturated carbocycles. The van der Waals surface area contributed by atoms with Crippen LogP contribution in [0.4, 0.5) is 25.4 Å². The minimum absolute atomic E-state index is 0.0430. The van der Waals surface area contributed by atoms with E-state index in [9.17, 15) is 24.0 Å². The number of carbonyl (C=O) groups is 5. The zero-order valence-corrected chi connectivity index (χ0v) is 27.7. The van der Waals surface area contributed by atoms with Gasteiger partial charge in [0.1, 0.15) is 24.9 Å². The zero-order valence-electron chi connectivity index (χ0n) is 26.1. The lowest BCUT2D eigenvalue weighted by Crippen LogP contribution is -2.43. The number of rotatable bonds is 13. The number of aromatic nitrogens is 2. The molecule has 5 rings (SSSR count). The third-order valence-electron chi connectivity index (χ3n) is 7.83. The highest BCUT2D eigenvalue weighted by atomic mass is 35.5. The van der Waals surface area contributed by atoms with E-state index in [2.05, 4.69) is 10.3 Å². The van der Waals surface area contributed by atoms with E-state index in [1.54, 1.807) is 12.3 Å². The van der Waals surface area contributed by atoms with Crippen molar-refractivity contribution < 1.29 is 37.8 Å². The van der Waals surface area contributed by atoms with Crippen LogP contribution in [0.2, 0.25) is 4.34 Å². The first-order valence-corrected chi connectivity index (χ1v) is 16.5. The molecule has 2 aliphatic rings. The fourth-order valence-corrected chi connectivity index (χ4v) is 6.40. The van der Waals surface area contributed by atoms with E-state index in [0.717, 1.165) is 21.1 Å². The predicted octanol–water partition coefficient (Wildman–Crippen LogP) is 3.41. The number of benzene rings is 1. The molecule has 0 bridgehead atoms.